The second-order valence-electron chi connectivity index (χ2n) is 6.90. The predicted octanol–water partition coefficient (Wildman–Crippen LogP) is 2.88. The van der Waals surface area contributed by atoms with Crippen molar-refractivity contribution in [2.24, 2.45) is 7.05 Å². The molecule has 1 fully saturated rings. The number of aryl methyl sites for hydroxylation is 1. The number of hydrogen-bond acceptors (Lipinski definition) is 4. The largest absolute Gasteiger partial charge is 0.378 e. The van der Waals surface area contributed by atoms with Gasteiger partial charge in [-0.15, -0.1) is 0 Å². The molecule has 1 amide bonds. The van der Waals surface area contributed by atoms with Gasteiger partial charge in [-0.2, -0.15) is 0 Å². The molecular formula is C19H24ClN3O4S. The number of carbonyl (C=O) groups excluding carboxylic acids is 1. The molecule has 28 heavy (non-hydrogen) atoms. The number of aromatic nitrogens is 1. The zero-order valence-electron chi connectivity index (χ0n) is 16.4. The number of anilines is 1. The maximum atomic E-state index is 13.3. The molecule has 0 bridgehead atoms. The molecule has 0 spiro atoms. The summed E-state index contributed by atoms with van der Waals surface area (Å²) in [5.74, 6) is -0.294. The summed E-state index contributed by atoms with van der Waals surface area (Å²) in [6, 6.07) is 4.92. The summed E-state index contributed by atoms with van der Waals surface area (Å²) >= 11 is 5.97. The fourth-order valence-electron chi connectivity index (χ4n) is 3.36. The number of hydrogen-bond donors (Lipinski definition) is 1. The third kappa shape index (κ3) is 3.76. The van der Waals surface area contributed by atoms with E-state index in [4.69, 9.17) is 16.3 Å². The van der Waals surface area contributed by atoms with E-state index in [1.807, 2.05) is 0 Å². The van der Waals surface area contributed by atoms with E-state index in [1.54, 1.807) is 55.5 Å². The average Bonchev–Trinajstić information content (AvgIpc) is 2.89. The van der Waals surface area contributed by atoms with Crippen molar-refractivity contribution in [1.29, 1.82) is 0 Å². The van der Waals surface area contributed by atoms with Gasteiger partial charge >= 0.3 is 0 Å². The summed E-state index contributed by atoms with van der Waals surface area (Å²) in [6.07, 6.45) is 0. The SMILES string of the molecule is Cc1cc(Cl)ccc1NS(=O)(=O)c1c(C(=O)N2CCOCC2)c(C)n(C)c1C. The van der Waals surface area contributed by atoms with Gasteiger partial charge < -0.3 is 14.2 Å². The highest BCUT2D eigenvalue weighted by Crippen LogP contribution is 2.30. The molecule has 2 heterocycles. The van der Waals surface area contributed by atoms with Crippen molar-refractivity contribution in [3.63, 3.8) is 0 Å². The quantitative estimate of drug-likeness (QED) is 0.816. The van der Waals surface area contributed by atoms with Crippen LogP contribution >= 0.6 is 11.6 Å². The Labute approximate surface area is 170 Å². The molecule has 0 aliphatic carbocycles. The van der Waals surface area contributed by atoms with E-state index in [2.05, 4.69) is 4.72 Å². The van der Waals surface area contributed by atoms with Gasteiger partial charge in [0.2, 0.25) is 0 Å². The summed E-state index contributed by atoms with van der Waals surface area (Å²) < 4.78 is 36.2. The van der Waals surface area contributed by atoms with Crippen molar-refractivity contribution in [2.75, 3.05) is 31.0 Å². The maximum absolute atomic E-state index is 13.3. The molecule has 1 aliphatic rings. The summed E-state index contributed by atoms with van der Waals surface area (Å²) in [5.41, 5.74) is 2.45. The van der Waals surface area contributed by atoms with Crippen molar-refractivity contribution in [2.45, 2.75) is 25.7 Å². The number of rotatable bonds is 4. The highest BCUT2D eigenvalue weighted by atomic mass is 35.5. The Bertz CT molecular complexity index is 1020. The fourth-order valence-corrected chi connectivity index (χ4v) is 5.24. The van der Waals surface area contributed by atoms with E-state index in [0.717, 1.165) is 0 Å². The highest BCUT2D eigenvalue weighted by molar-refractivity contribution is 7.92. The summed E-state index contributed by atoms with van der Waals surface area (Å²) in [6.45, 7) is 7.00. The van der Waals surface area contributed by atoms with Crippen LogP contribution in [0.4, 0.5) is 5.69 Å². The molecule has 9 heteroatoms. The van der Waals surface area contributed by atoms with Crippen molar-refractivity contribution in [3.8, 4) is 0 Å². The van der Waals surface area contributed by atoms with E-state index < -0.39 is 10.0 Å². The van der Waals surface area contributed by atoms with Gasteiger partial charge in [-0.1, -0.05) is 11.6 Å². The highest BCUT2D eigenvalue weighted by Gasteiger charge is 2.33. The van der Waals surface area contributed by atoms with E-state index in [9.17, 15) is 13.2 Å². The number of nitrogens with one attached hydrogen (secondary N) is 1. The van der Waals surface area contributed by atoms with Gasteiger partial charge in [0, 0.05) is 36.5 Å². The minimum absolute atomic E-state index is 0.0124. The van der Waals surface area contributed by atoms with Crippen LogP contribution in [0, 0.1) is 20.8 Å². The number of amides is 1. The second kappa shape index (κ2) is 7.77. The third-order valence-electron chi connectivity index (χ3n) is 5.14. The molecule has 2 aromatic rings. The van der Waals surface area contributed by atoms with E-state index in [1.165, 1.54) is 0 Å². The van der Waals surface area contributed by atoms with Gasteiger partial charge in [0.15, 0.2) is 0 Å². The molecule has 0 saturated carbocycles. The van der Waals surface area contributed by atoms with E-state index in [0.29, 0.717) is 54.0 Å². The maximum Gasteiger partial charge on any atom is 0.264 e. The third-order valence-corrected chi connectivity index (χ3v) is 6.90. The molecule has 1 aliphatic heterocycles. The normalized spacial score (nSPS) is 15.0. The smallest absolute Gasteiger partial charge is 0.264 e. The lowest BCUT2D eigenvalue weighted by atomic mass is 10.2. The Hall–Kier alpha value is -2.03. The molecule has 152 valence electrons. The molecule has 1 N–H and O–H groups in total. The monoisotopic (exact) mass is 425 g/mol. The van der Waals surface area contributed by atoms with Gasteiger partial charge in [0.1, 0.15) is 4.90 Å². The van der Waals surface area contributed by atoms with Crippen LogP contribution in [0.15, 0.2) is 23.1 Å². The van der Waals surface area contributed by atoms with Crippen LogP contribution in [0.2, 0.25) is 5.02 Å². The number of ether oxygens (including phenoxy) is 1. The van der Waals surface area contributed by atoms with Crippen LogP contribution in [0.25, 0.3) is 0 Å². The zero-order chi connectivity index (χ0) is 20.6. The number of halogens is 1. The summed E-state index contributed by atoms with van der Waals surface area (Å²) in [7, 11) is -2.23. The summed E-state index contributed by atoms with van der Waals surface area (Å²) in [5, 5.41) is 0.523. The average molecular weight is 426 g/mol. The number of morpholine rings is 1. The minimum Gasteiger partial charge on any atom is -0.378 e. The topological polar surface area (TPSA) is 80.6 Å². The van der Waals surface area contributed by atoms with Crippen LogP contribution in [0.5, 0.6) is 0 Å². The Morgan fingerprint density at radius 3 is 2.39 bits per heavy atom. The molecule has 1 aromatic carbocycles. The molecule has 7 nitrogen and oxygen atoms in total. The Morgan fingerprint density at radius 1 is 1.14 bits per heavy atom. The second-order valence-corrected chi connectivity index (χ2v) is 8.96. The Kier molecular flexibility index (Phi) is 5.74. The van der Waals surface area contributed by atoms with Crippen LogP contribution < -0.4 is 4.72 Å². The summed E-state index contributed by atoms with van der Waals surface area (Å²) in [4.78, 5) is 14.8. The first kappa shape index (κ1) is 20.7. The van der Waals surface area contributed by atoms with Crippen molar-refractivity contribution >= 4 is 33.2 Å². The molecule has 1 aromatic heterocycles. The number of nitrogens with zero attached hydrogens (tertiary/aromatic N) is 2. The first-order valence-electron chi connectivity index (χ1n) is 8.95. The molecule has 0 radical (unpaired) electrons. The Morgan fingerprint density at radius 2 is 1.79 bits per heavy atom. The molecule has 0 atom stereocenters. The van der Waals surface area contributed by atoms with Gasteiger partial charge in [0.25, 0.3) is 15.9 Å². The standard InChI is InChI=1S/C19H24ClN3O4S/c1-12-11-15(20)5-6-16(12)21-28(25,26)18-14(3)22(4)13(2)17(18)19(24)23-7-9-27-10-8-23/h5-6,11,21H,7-10H2,1-4H3. The number of carbonyl (C=O) groups is 1. The van der Waals surface area contributed by atoms with Gasteiger partial charge in [-0.05, 0) is 44.5 Å². The van der Waals surface area contributed by atoms with Crippen LogP contribution in [-0.2, 0) is 21.8 Å². The lowest BCUT2D eigenvalue weighted by Gasteiger charge is -2.27. The van der Waals surface area contributed by atoms with Crippen molar-refractivity contribution in [3.05, 3.63) is 45.7 Å². The lowest BCUT2D eigenvalue weighted by molar-refractivity contribution is 0.0300. The fraction of sp³-hybridized carbons (Fsp3) is 0.421. The van der Waals surface area contributed by atoms with Gasteiger partial charge in [-0.25, -0.2) is 8.42 Å². The molecule has 1 saturated heterocycles. The minimum atomic E-state index is -3.99. The van der Waals surface area contributed by atoms with E-state index >= 15 is 0 Å². The number of benzene rings is 1. The van der Waals surface area contributed by atoms with Gasteiger partial charge in [0.05, 0.1) is 24.5 Å². The molecule has 3 rings (SSSR count). The number of sulfonamides is 1. The van der Waals surface area contributed by atoms with Crippen molar-refractivity contribution in [1.82, 2.24) is 9.47 Å². The van der Waals surface area contributed by atoms with Crippen LogP contribution in [0.3, 0.4) is 0 Å². The van der Waals surface area contributed by atoms with Crippen LogP contribution in [0.1, 0.15) is 27.3 Å². The predicted molar refractivity (Wildman–Crippen MR) is 109 cm³/mol. The van der Waals surface area contributed by atoms with Gasteiger partial charge in [-0.3, -0.25) is 9.52 Å². The van der Waals surface area contributed by atoms with Crippen molar-refractivity contribution < 1.29 is 17.9 Å². The van der Waals surface area contributed by atoms with Crippen LogP contribution in [-0.4, -0.2) is 50.1 Å². The Balaban J connectivity index is 2.07. The van der Waals surface area contributed by atoms with E-state index in [-0.39, 0.29) is 16.4 Å². The lowest BCUT2D eigenvalue weighted by Crippen LogP contribution is -2.41. The molecule has 0 unspecified atom stereocenters. The zero-order valence-corrected chi connectivity index (χ0v) is 17.9. The molecular weight excluding hydrogens is 402 g/mol. The first-order valence-corrected chi connectivity index (χ1v) is 10.8. The first-order chi connectivity index (χ1) is 13.1.